The van der Waals surface area contributed by atoms with E-state index >= 15 is 0 Å². The summed E-state index contributed by atoms with van der Waals surface area (Å²) < 4.78 is 0. The van der Waals surface area contributed by atoms with Crippen LogP contribution in [0, 0.1) is 0 Å². The molecule has 0 aliphatic carbocycles. The number of hydrogen-bond donors (Lipinski definition) is 0. The lowest BCUT2D eigenvalue weighted by Gasteiger charge is -2.17. The van der Waals surface area contributed by atoms with Crippen molar-refractivity contribution in [2.45, 2.75) is 0 Å². The number of rotatable bonds is 6. The van der Waals surface area contributed by atoms with Crippen molar-refractivity contribution in [2.75, 3.05) is 0 Å². The fraction of sp³-hybridized carbons (Fsp3) is 0. The Balaban J connectivity index is 1.42. The lowest BCUT2D eigenvalue weighted by molar-refractivity contribution is 1.32. The minimum Gasteiger partial charge on any atom is -0.246 e. The summed E-state index contributed by atoms with van der Waals surface area (Å²) in [6.07, 6.45) is 0. The molecule has 0 aliphatic heterocycles. The maximum atomic E-state index is 5.43. The molecule has 0 aliphatic rings. The molecule has 0 saturated heterocycles. The van der Waals surface area contributed by atoms with Gasteiger partial charge in [0.25, 0.3) is 0 Å². The van der Waals surface area contributed by atoms with E-state index in [1.165, 1.54) is 22.3 Å². The molecular weight excluding hydrogens is 506 g/mol. The van der Waals surface area contributed by atoms with Gasteiger partial charge in [0.1, 0.15) is 0 Å². The number of aromatic nitrogens is 1. The molecule has 1 nitrogen and oxygen atoms in total. The summed E-state index contributed by atoms with van der Waals surface area (Å²) in [6.45, 7) is 0. The molecule has 1 heterocycles. The van der Waals surface area contributed by atoms with Crippen LogP contribution in [0.3, 0.4) is 0 Å². The molecule has 0 bridgehead atoms. The topological polar surface area (TPSA) is 12.9 Å². The molecule has 42 heavy (non-hydrogen) atoms. The molecule has 198 valence electrons. The summed E-state index contributed by atoms with van der Waals surface area (Å²) in [7, 11) is 0. The zero-order valence-electron chi connectivity index (χ0n) is 23.2. The smallest absolute Gasteiger partial charge is 0.0788 e. The van der Waals surface area contributed by atoms with Crippen molar-refractivity contribution in [1.82, 2.24) is 4.98 Å². The molecule has 7 rings (SSSR count). The van der Waals surface area contributed by atoms with Gasteiger partial charge in [-0.05, 0) is 39.4 Å². The Kier molecular flexibility index (Phi) is 6.98. The molecule has 0 saturated carbocycles. The third kappa shape index (κ3) is 5.16. The molecule has 0 spiro atoms. The summed E-state index contributed by atoms with van der Waals surface area (Å²) >= 11 is 0. The van der Waals surface area contributed by atoms with Gasteiger partial charge in [0.2, 0.25) is 0 Å². The van der Waals surface area contributed by atoms with Crippen LogP contribution >= 0.6 is 0 Å². The van der Waals surface area contributed by atoms with Crippen LogP contribution in [0.4, 0.5) is 0 Å². The third-order valence-electron chi connectivity index (χ3n) is 7.72. The van der Waals surface area contributed by atoms with Crippen LogP contribution in [-0.4, -0.2) is 4.98 Å². The lowest BCUT2D eigenvalue weighted by Crippen LogP contribution is -1.97. The van der Waals surface area contributed by atoms with Gasteiger partial charge >= 0.3 is 0 Å². The molecule has 0 atom stereocenters. The van der Waals surface area contributed by atoms with Crippen molar-refractivity contribution in [2.24, 2.45) is 0 Å². The fourth-order valence-electron chi connectivity index (χ4n) is 5.53. The Morgan fingerprint density at radius 1 is 0.238 bits per heavy atom. The molecule has 1 aromatic heterocycles. The maximum Gasteiger partial charge on any atom is 0.0788 e. The predicted molar refractivity (Wildman–Crippen MR) is 177 cm³/mol. The first-order chi connectivity index (χ1) is 20.8. The van der Waals surface area contributed by atoms with E-state index in [0.29, 0.717) is 0 Å². The highest BCUT2D eigenvalue weighted by atomic mass is 14.7. The summed E-state index contributed by atoms with van der Waals surface area (Å²) in [6, 6.07) is 62.1. The van der Waals surface area contributed by atoms with Crippen LogP contribution in [0.5, 0.6) is 0 Å². The SMILES string of the molecule is c1ccc(-c2ccc(-c3cc(-c4ccc(-c5ccccc5)cc4)c(-c4ccccc4)nc3-c3ccccc3)cc2)cc1. The van der Waals surface area contributed by atoms with E-state index < -0.39 is 0 Å². The summed E-state index contributed by atoms with van der Waals surface area (Å²) in [5.74, 6) is 0. The van der Waals surface area contributed by atoms with Gasteiger partial charge in [-0.3, -0.25) is 0 Å². The van der Waals surface area contributed by atoms with Gasteiger partial charge in [0, 0.05) is 22.3 Å². The fourth-order valence-corrected chi connectivity index (χ4v) is 5.53. The highest BCUT2D eigenvalue weighted by Crippen LogP contribution is 2.40. The van der Waals surface area contributed by atoms with Crippen LogP contribution in [0.25, 0.3) is 67.0 Å². The molecular formula is C41H29N. The normalized spacial score (nSPS) is 10.9. The Bertz CT molecular complexity index is 1770. The van der Waals surface area contributed by atoms with Gasteiger partial charge < -0.3 is 0 Å². The minimum absolute atomic E-state index is 0.978. The second-order valence-electron chi connectivity index (χ2n) is 10.4. The molecule has 0 fully saturated rings. The number of benzene rings is 6. The van der Waals surface area contributed by atoms with Crippen LogP contribution in [0.1, 0.15) is 0 Å². The number of nitrogens with zero attached hydrogens (tertiary/aromatic N) is 1. The summed E-state index contributed by atoms with van der Waals surface area (Å²) in [4.78, 5) is 5.43. The Labute approximate surface area is 247 Å². The van der Waals surface area contributed by atoms with Crippen molar-refractivity contribution < 1.29 is 0 Å². The lowest BCUT2D eigenvalue weighted by atomic mass is 9.91. The second-order valence-corrected chi connectivity index (χ2v) is 10.4. The molecule has 0 radical (unpaired) electrons. The summed E-state index contributed by atoms with van der Waals surface area (Å²) in [5, 5.41) is 0. The highest BCUT2D eigenvalue weighted by molar-refractivity contribution is 5.91. The molecule has 0 N–H and O–H groups in total. The van der Waals surface area contributed by atoms with E-state index in [2.05, 4.69) is 176 Å². The van der Waals surface area contributed by atoms with E-state index in [1.807, 2.05) is 0 Å². The second kappa shape index (κ2) is 11.5. The molecule has 0 amide bonds. The van der Waals surface area contributed by atoms with Gasteiger partial charge in [0.15, 0.2) is 0 Å². The Morgan fingerprint density at radius 2 is 0.500 bits per heavy atom. The van der Waals surface area contributed by atoms with Gasteiger partial charge in [-0.1, -0.05) is 170 Å². The van der Waals surface area contributed by atoms with Gasteiger partial charge in [-0.2, -0.15) is 0 Å². The third-order valence-corrected chi connectivity index (χ3v) is 7.72. The van der Waals surface area contributed by atoms with Crippen LogP contribution in [-0.2, 0) is 0 Å². The largest absolute Gasteiger partial charge is 0.246 e. The first-order valence-corrected chi connectivity index (χ1v) is 14.3. The Hall–Kier alpha value is -5.53. The zero-order chi connectivity index (χ0) is 28.1. The standard InChI is InChI=1S/C41H29N/c1-5-13-30(14-6-1)32-21-25-34(26-22-32)38-29-39(35-27-23-33(24-28-35)31-15-7-2-8-16-31)41(37-19-11-4-12-20-37)42-40(38)36-17-9-3-10-18-36/h1-29H. The van der Waals surface area contributed by atoms with Crippen LogP contribution in [0.2, 0.25) is 0 Å². The van der Waals surface area contributed by atoms with Gasteiger partial charge in [0.05, 0.1) is 11.4 Å². The van der Waals surface area contributed by atoms with Gasteiger partial charge in [-0.25, -0.2) is 4.98 Å². The average molecular weight is 536 g/mol. The van der Waals surface area contributed by atoms with Crippen molar-refractivity contribution in [3.8, 4) is 67.0 Å². The first kappa shape index (κ1) is 25.4. The average Bonchev–Trinajstić information content (AvgIpc) is 3.09. The van der Waals surface area contributed by atoms with E-state index in [-0.39, 0.29) is 0 Å². The van der Waals surface area contributed by atoms with E-state index in [0.717, 1.165) is 44.8 Å². The Morgan fingerprint density at radius 3 is 0.833 bits per heavy atom. The zero-order valence-corrected chi connectivity index (χ0v) is 23.2. The van der Waals surface area contributed by atoms with Crippen molar-refractivity contribution >= 4 is 0 Å². The molecule has 0 unspecified atom stereocenters. The maximum absolute atomic E-state index is 5.43. The van der Waals surface area contributed by atoms with Crippen molar-refractivity contribution in [3.63, 3.8) is 0 Å². The number of pyridine rings is 1. The predicted octanol–water partition coefficient (Wildman–Crippen LogP) is 11.1. The van der Waals surface area contributed by atoms with Crippen molar-refractivity contribution in [3.05, 3.63) is 176 Å². The van der Waals surface area contributed by atoms with E-state index in [1.54, 1.807) is 0 Å². The first-order valence-electron chi connectivity index (χ1n) is 14.3. The summed E-state index contributed by atoms with van der Waals surface area (Å²) in [5.41, 5.74) is 13.5. The molecule has 7 aromatic rings. The minimum atomic E-state index is 0.978. The van der Waals surface area contributed by atoms with Crippen LogP contribution < -0.4 is 0 Å². The van der Waals surface area contributed by atoms with E-state index in [9.17, 15) is 0 Å². The van der Waals surface area contributed by atoms with Crippen LogP contribution in [0.15, 0.2) is 176 Å². The van der Waals surface area contributed by atoms with Crippen molar-refractivity contribution in [1.29, 1.82) is 0 Å². The molecule has 6 aromatic carbocycles. The highest BCUT2D eigenvalue weighted by Gasteiger charge is 2.18. The molecule has 1 heteroatoms. The van der Waals surface area contributed by atoms with Gasteiger partial charge in [-0.15, -0.1) is 0 Å². The monoisotopic (exact) mass is 535 g/mol. The number of hydrogen-bond acceptors (Lipinski definition) is 1. The van der Waals surface area contributed by atoms with E-state index in [4.69, 9.17) is 4.98 Å². The quantitative estimate of drug-likeness (QED) is 0.206.